The lowest BCUT2D eigenvalue weighted by atomic mass is 10.0. The molecule has 0 unspecified atom stereocenters. The van der Waals surface area contributed by atoms with E-state index >= 15 is 0 Å². The summed E-state index contributed by atoms with van der Waals surface area (Å²) in [6, 6.07) is 4.86. The van der Waals surface area contributed by atoms with E-state index in [1.807, 2.05) is 6.07 Å². The van der Waals surface area contributed by atoms with E-state index in [-0.39, 0.29) is 5.76 Å². The Labute approximate surface area is 121 Å². The summed E-state index contributed by atoms with van der Waals surface area (Å²) in [4.78, 5) is 10.9. The van der Waals surface area contributed by atoms with Crippen LogP contribution in [0.2, 0.25) is 0 Å². The zero-order chi connectivity index (χ0) is 15.4. The van der Waals surface area contributed by atoms with Crippen molar-refractivity contribution in [3.05, 3.63) is 29.5 Å². The first-order chi connectivity index (χ1) is 10.1. The molecule has 2 aromatic rings. The Kier molecular flexibility index (Phi) is 4.44. The van der Waals surface area contributed by atoms with Crippen LogP contribution in [0.25, 0.3) is 11.3 Å². The molecule has 0 amide bonds. The second-order valence-corrected chi connectivity index (χ2v) is 4.15. The number of carboxylic acids is 1. The molecule has 0 aliphatic carbocycles. The van der Waals surface area contributed by atoms with Crippen LogP contribution >= 0.6 is 0 Å². The van der Waals surface area contributed by atoms with E-state index in [4.69, 9.17) is 23.8 Å². The molecule has 0 fully saturated rings. The SMILES string of the molecule is COCc1ccc(OC)c(-c2cc(C(=O)O)on2)c1OC. The molecule has 0 bridgehead atoms. The first kappa shape index (κ1) is 14.9. The predicted molar refractivity (Wildman–Crippen MR) is 72.7 cm³/mol. The molecule has 7 heteroatoms. The van der Waals surface area contributed by atoms with Crippen LogP contribution in [-0.4, -0.2) is 37.6 Å². The molecule has 1 aromatic heterocycles. The predicted octanol–water partition coefficient (Wildman–Crippen LogP) is 2.20. The fourth-order valence-electron chi connectivity index (χ4n) is 2.02. The molecule has 0 saturated heterocycles. The molecule has 1 aromatic carbocycles. The molecule has 0 atom stereocenters. The van der Waals surface area contributed by atoms with Crippen molar-refractivity contribution in [2.24, 2.45) is 0 Å². The van der Waals surface area contributed by atoms with Crippen molar-refractivity contribution in [3.8, 4) is 22.8 Å². The Balaban J connectivity index is 2.62. The van der Waals surface area contributed by atoms with Gasteiger partial charge in [-0.05, 0) is 12.1 Å². The number of methoxy groups -OCH3 is 3. The van der Waals surface area contributed by atoms with E-state index in [0.29, 0.717) is 29.4 Å². The molecule has 21 heavy (non-hydrogen) atoms. The molecular formula is C14H15NO6. The van der Waals surface area contributed by atoms with Crippen molar-refractivity contribution in [2.45, 2.75) is 6.61 Å². The third-order valence-electron chi connectivity index (χ3n) is 2.90. The standard InChI is InChI=1S/C14H15NO6/c1-18-7-8-4-5-10(19-2)12(13(8)20-3)9-6-11(14(16)17)21-15-9/h4-6H,7H2,1-3H3,(H,16,17). The topological polar surface area (TPSA) is 91.0 Å². The second-order valence-electron chi connectivity index (χ2n) is 4.15. The Morgan fingerprint density at radius 3 is 2.57 bits per heavy atom. The van der Waals surface area contributed by atoms with E-state index in [9.17, 15) is 4.79 Å². The largest absolute Gasteiger partial charge is 0.496 e. The Hall–Kier alpha value is -2.54. The lowest BCUT2D eigenvalue weighted by Crippen LogP contribution is -1.99. The van der Waals surface area contributed by atoms with Gasteiger partial charge < -0.3 is 23.8 Å². The third kappa shape index (κ3) is 2.82. The maximum atomic E-state index is 10.9. The summed E-state index contributed by atoms with van der Waals surface area (Å²) in [7, 11) is 4.59. The van der Waals surface area contributed by atoms with Crippen LogP contribution in [-0.2, 0) is 11.3 Å². The van der Waals surface area contributed by atoms with Crippen molar-refractivity contribution < 1.29 is 28.6 Å². The average molecular weight is 293 g/mol. The minimum atomic E-state index is -1.19. The van der Waals surface area contributed by atoms with Gasteiger partial charge in [-0.25, -0.2) is 4.79 Å². The summed E-state index contributed by atoms with van der Waals surface area (Å²) in [5, 5.41) is 12.7. The summed E-state index contributed by atoms with van der Waals surface area (Å²) < 4.78 is 20.6. The number of benzene rings is 1. The number of hydrogen-bond donors (Lipinski definition) is 1. The number of aromatic nitrogens is 1. The van der Waals surface area contributed by atoms with Gasteiger partial charge in [-0.2, -0.15) is 0 Å². The Morgan fingerprint density at radius 1 is 1.29 bits per heavy atom. The molecule has 0 saturated carbocycles. The van der Waals surface area contributed by atoms with Gasteiger partial charge in [-0.3, -0.25) is 0 Å². The highest BCUT2D eigenvalue weighted by atomic mass is 16.5. The van der Waals surface area contributed by atoms with Gasteiger partial charge in [0.1, 0.15) is 17.2 Å². The van der Waals surface area contributed by atoms with Crippen molar-refractivity contribution in [2.75, 3.05) is 21.3 Å². The average Bonchev–Trinajstić information content (AvgIpc) is 2.96. The van der Waals surface area contributed by atoms with Crippen LogP contribution in [0.4, 0.5) is 0 Å². The summed E-state index contributed by atoms with van der Waals surface area (Å²) in [5.74, 6) is -0.454. The first-order valence-corrected chi connectivity index (χ1v) is 6.05. The summed E-state index contributed by atoms with van der Waals surface area (Å²) in [6.07, 6.45) is 0. The number of nitrogens with zero attached hydrogens (tertiary/aromatic N) is 1. The van der Waals surface area contributed by atoms with Gasteiger partial charge in [0.15, 0.2) is 0 Å². The van der Waals surface area contributed by atoms with E-state index in [1.54, 1.807) is 13.2 Å². The molecular weight excluding hydrogens is 278 g/mol. The zero-order valence-corrected chi connectivity index (χ0v) is 11.9. The minimum absolute atomic E-state index is 0.258. The molecule has 1 N–H and O–H groups in total. The van der Waals surface area contributed by atoms with Crippen LogP contribution in [0.3, 0.4) is 0 Å². The number of hydrogen-bond acceptors (Lipinski definition) is 6. The minimum Gasteiger partial charge on any atom is -0.496 e. The highest BCUT2D eigenvalue weighted by molar-refractivity contribution is 5.87. The maximum Gasteiger partial charge on any atom is 0.374 e. The lowest BCUT2D eigenvalue weighted by molar-refractivity contribution is 0.0652. The maximum absolute atomic E-state index is 10.9. The summed E-state index contributed by atoms with van der Waals surface area (Å²) in [6.45, 7) is 0.337. The molecule has 7 nitrogen and oxygen atoms in total. The van der Waals surface area contributed by atoms with Crippen LogP contribution in [0.5, 0.6) is 11.5 Å². The zero-order valence-electron chi connectivity index (χ0n) is 11.9. The molecule has 0 aliphatic rings. The van der Waals surface area contributed by atoms with Crippen molar-refractivity contribution in [1.82, 2.24) is 5.16 Å². The highest BCUT2D eigenvalue weighted by Crippen LogP contribution is 2.40. The monoisotopic (exact) mass is 293 g/mol. The molecule has 2 rings (SSSR count). The number of rotatable bonds is 6. The molecule has 0 radical (unpaired) electrons. The lowest BCUT2D eigenvalue weighted by Gasteiger charge is -2.15. The fourth-order valence-corrected chi connectivity index (χ4v) is 2.02. The van der Waals surface area contributed by atoms with Gasteiger partial charge in [0, 0.05) is 18.7 Å². The van der Waals surface area contributed by atoms with Gasteiger partial charge in [0.25, 0.3) is 0 Å². The summed E-state index contributed by atoms with van der Waals surface area (Å²) in [5.41, 5.74) is 1.63. The third-order valence-corrected chi connectivity index (χ3v) is 2.90. The first-order valence-electron chi connectivity index (χ1n) is 6.05. The Morgan fingerprint density at radius 2 is 2.05 bits per heavy atom. The number of carbonyl (C=O) groups is 1. The molecule has 1 heterocycles. The summed E-state index contributed by atoms with van der Waals surface area (Å²) >= 11 is 0. The normalized spacial score (nSPS) is 10.4. The number of carboxylic acid groups (broad SMARTS) is 1. The van der Waals surface area contributed by atoms with Crippen molar-refractivity contribution >= 4 is 5.97 Å². The van der Waals surface area contributed by atoms with Gasteiger partial charge in [0.2, 0.25) is 5.76 Å². The van der Waals surface area contributed by atoms with Gasteiger partial charge in [-0.15, -0.1) is 0 Å². The van der Waals surface area contributed by atoms with E-state index in [2.05, 4.69) is 5.16 Å². The Bertz CT molecular complexity index is 649. The smallest absolute Gasteiger partial charge is 0.374 e. The van der Waals surface area contributed by atoms with E-state index < -0.39 is 5.97 Å². The highest BCUT2D eigenvalue weighted by Gasteiger charge is 2.21. The number of ether oxygens (including phenoxy) is 3. The van der Waals surface area contributed by atoms with Gasteiger partial charge >= 0.3 is 5.97 Å². The molecule has 0 spiro atoms. The quantitative estimate of drug-likeness (QED) is 0.872. The van der Waals surface area contributed by atoms with E-state index in [1.165, 1.54) is 20.3 Å². The molecule has 0 aliphatic heterocycles. The van der Waals surface area contributed by atoms with Gasteiger partial charge in [-0.1, -0.05) is 5.16 Å². The van der Waals surface area contributed by atoms with Crippen molar-refractivity contribution in [1.29, 1.82) is 0 Å². The number of aromatic carboxylic acids is 1. The fraction of sp³-hybridized carbons (Fsp3) is 0.286. The second kappa shape index (κ2) is 6.27. The molecule has 112 valence electrons. The van der Waals surface area contributed by atoms with E-state index in [0.717, 1.165) is 5.56 Å². The van der Waals surface area contributed by atoms with Crippen LogP contribution in [0.1, 0.15) is 16.1 Å². The van der Waals surface area contributed by atoms with Gasteiger partial charge in [0.05, 0.1) is 26.4 Å². The van der Waals surface area contributed by atoms with Crippen LogP contribution in [0, 0.1) is 0 Å². The van der Waals surface area contributed by atoms with Crippen LogP contribution in [0.15, 0.2) is 22.7 Å². The van der Waals surface area contributed by atoms with Crippen molar-refractivity contribution in [3.63, 3.8) is 0 Å². The van der Waals surface area contributed by atoms with Crippen LogP contribution < -0.4 is 9.47 Å².